The lowest BCUT2D eigenvalue weighted by molar-refractivity contribution is 0.507. The predicted octanol–water partition coefficient (Wildman–Crippen LogP) is 4.22. The second-order valence-corrected chi connectivity index (χ2v) is 10.5. The Bertz CT molecular complexity index is 172. The molecular formula is C11H22Si. The van der Waals surface area contributed by atoms with E-state index in [2.05, 4.69) is 33.0 Å². The largest absolute Gasteiger partial charge is 0.103 e. The minimum Gasteiger partial charge on any atom is -0.103 e. The van der Waals surface area contributed by atoms with Gasteiger partial charge in [-0.1, -0.05) is 51.8 Å². The van der Waals surface area contributed by atoms with Crippen molar-refractivity contribution in [1.82, 2.24) is 0 Å². The molecule has 0 aromatic carbocycles. The lowest BCUT2D eigenvalue weighted by atomic mass is 10.0. The lowest BCUT2D eigenvalue weighted by Gasteiger charge is -2.46. The zero-order chi connectivity index (χ0) is 9.24. The molecule has 0 N–H and O–H groups in total. The minimum atomic E-state index is -0.982. The molecule has 70 valence electrons. The van der Waals surface area contributed by atoms with E-state index in [1.54, 1.807) is 0 Å². The van der Waals surface area contributed by atoms with Gasteiger partial charge in [-0.05, 0) is 11.1 Å². The molecule has 1 heteroatoms. The van der Waals surface area contributed by atoms with Gasteiger partial charge in [0.15, 0.2) is 0 Å². The molecule has 0 aromatic rings. The van der Waals surface area contributed by atoms with Crippen molar-refractivity contribution in [3.05, 3.63) is 12.7 Å². The van der Waals surface area contributed by atoms with Crippen LogP contribution in [0.25, 0.3) is 0 Å². The summed E-state index contributed by atoms with van der Waals surface area (Å²) in [5.41, 5.74) is 0. The summed E-state index contributed by atoms with van der Waals surface area (Å²) in [5.74, 6) is 0. The summed E-state index contributed by atoms with van der Waals surface area (Å²) < 4.78 is 0. The van der Waals surface area contributed by atoms with Gasteiger partial charge < -0.3 is 0 Å². The molecule has 1 heterocycles. The van der Waals surface area contributed by atoms with Gasteiger partial charge in [-0.25, -0.2) is 0 Å². The van der Waals surface area contributed by atoms with E-state index in [0.717, 1.165) is 0 Å². The van der Waals surface area contributed by atoms with Crippen molar-refractivity contribution in [1.29, 1.82) is 0 Å². The van der Waals surface area contributed by atoms with Gasteiger partial charge in [0, 0.05) is 0 Å². The maximum atomic E-state index is 3.90. The zero-order valence-electron chi connectivity index (χ0n) is 8.82. The van der Waals surface area contributed by atoms with Crippen LogP contribution in [0.5, 0.6) is 0 Å². The van der Waals surface area contributed by atoms with Crippen LogP contribution in [-0.4, -0.2) is 8.07 Å². The van der Waals surface area contributed by atoms with E-state index in [-0.39, 0.29) is 0 Å². The molecule has 1 unspecified atom stereocenters. The van der Waals surface area contributed by atoms with Crippen molar-refractivity contribution < 1.29 is 0 Å². The lowest BCUT2D eigenvalue weighted by Crippen LogP contribution is -2.43. The van der Waals surface area contributed by atoms with E-state index >= 15 is 0 Å². The van der Waals surface area contributed by atoms with Crippen LogP contribution in [0, 0.1) is 0 Å². The molecule has 0 radical (unpaired) electrons. The molecule has 1 atom stereocenters. The van der Waals surface area contributed by atoms with Crippen LogP contribution in [-0.2, 0) is 0 Å². The highest BCUT2D eigenvalue weighted by molar-refractivity contribution is 6.82. The second-order valence-electron chi connectivity index (χ2n) is 5.14. The van der Waals surface area contributed by atoms with Crippen LogP contribution in [0.4, 0.5) is 0 Å². The zero-order valence-corrected chi connectivity index (χ0v) is 9.82. The van der Waals surface area contributed by atoms with E-state index in [1.165, 1.54) is 31.4 Å². The van der Waals surface area contributed by atoms with E-state index in [0.29, 0.717) is 5.04 Å². The van der Waals surface area contributed by atoms with Gasteiger partial charge in [-0.2, -0.15) is 0 Å². The molecular weight excluding hydrogens is 160 g/mol. The van der Waals surface area contributed by atoms with Crippen molar-refractivity contribution >= 4 is 8.07 Å². The SMILES string of the molecule is C=CC[Si]1(C)CCCCC1(C)C. The van der Waals surface area contributed by atoms with Crippen LogP contribution in [0.1, 0.15) is 33.1 Å². The quantitative estimate of drug-likeness (QED) is 0.443. The maximum absolute atomic E-state index is 3.90. The summed E-state index contributed by atoms with van der Waals surface area (Å²) in [6.45, 7) is 11.4. The third-order valence-electron chi connectivity index (χ3n) is 4.01. The third-order valence-corrected chi connectivity index (χ3v) is 10.2. The van der Waals surface area contributed by atoms with E-state index in [1.807, 2.05) is 0 Å². The number of hydrogen-bond donors (Lipinski definition) is 0. The van der Waals surface area contributed by atoms with Gasteiger partial charge in [0.05, 0.1) is 8.07 Å². The van der Waals surface area contributed by atoms with E-state index in [4.69, 9.17) is 0 Å². The van der Waals surface area contributed by atoms with Crippen molar-refractivity contribution in [2.75, 3.05) is 0 Å². The number of allylic oxidation sites excluding steroid dienone is 1. The van der Waals surface area contributed by atoms with Gasteiger partial charge in [-0.15, -0.1) is 6.58 Å². The summed E-state index contributed by atoms with van der Waals surface area (Å²) >= 11 is 0. The Balaban J connectivity index is 2.76. The Morgan fingerprint density at radius 1 is 1.42 bits per heavy atom. The average Bonchev–Trinajstić information content (AvgIpc) is 1.96. The maximum Gasteiger partial charge on any atom is 0.0598 e. The van der Waals surface area contributed by atoms with Crippen LogP contribution in [0.15, 0.2) is 12.7 Å². The first kappa shape index (κ1) is 10.0. The topological polar surface area (TPSA) is 0 Å². The fraction of sp³-hybridized carbons (Fsp3) is 0.818. The van der Waals surface area contributed by atoms with E-state index < -0.39 is 8.07 Å². The van der Waals surface area contributed by atoms with Crippen molar-refractivity contribution in [2.45, 2.75) is 56.8 Å². The first-order chi connectivity index (χ1) is 5.52. The van der Waals surface area contributed by atoms with Gasteiger partial charge in [0.1, 0.15) is 0 Å². The molecule has 1 fully saturated rings. The molecule has 0 aliphatic carbocycles. The number of hydrogen-bond acceptors (Lipinski definition) is 0. The number of rotatable bonds is 2. The Labute approximate surface area is 78.1 Å². The fourth-order valence-electron chi connectivity index (χ4n) is 2.42. The standard InChI is InChI=1S/C11H22Si/c1-5-9-12(4)10-7-6-8-11(12,2)3/h5H,1,6-10H2,2-4H3. The van der Waals surface area contributed by atoms with Crippen molar-refractivity contribution in [2.24, 2.45) is 0 Å². The summed E-state index contributed by atoms with van der Waals surface area (Å²) in [5, 5.41) is 0.652. The Morgan fingerprint density at radius 3 is 2.58 bits per heavy atom. The predicted molar refractivity (Wildman–Crippen MR) is 59.3 cm³/mol. The normalized spacial score (nSPS) is 34.6. The molecule has 1 aliphatic rings. The van der Waals surface area contributed by atoms with E-state index in [9.17, 15) is 0 Å². The fourth-order valence-corrected chi connectivity index (χ4v) is 6.30. The average molecular weight is 182 g/mol. The Kier molecular flexibility index (Phi) is 2.82. The van der Waals surface area contributed by atoms with Gasteiger partial charge in [-0.3, -0.25) is 0 Å². The molecule has 12 heavy (non-hydrogen) atoms. The minimum absolute atomic E-state index is 0.652. The highest BCUT2D eigenvalue weighted by Crippen LogP contribution is 2.50. The summed E-state index contributed by atoms with van der Waals surface area (Å²) in [6, 6.07) is 2.84. The summed E-state index contributed by atoms with van der Waals surface area (Å²) in [6.07, 6.45) is 6.52. The summed E-state index contributed by atoms with van der Waals surface area (Å²) in [7, 11) is -0.982. The van der Waals surface area contributed by atoms with Gasteiger partial charge >= 0.3 is 0 Å². The van der Waals surface area contributed by atoms with Gasteiger partial charge in [0.25, 0.3) is 0 Å². The third kappa shape index (κ3) is 1.66. The van der Waals surface area contributed by atoms with Crippen LogP contribution < -0.4 is 0 Å². The van der Waals surface area contributed by atoms with Crippen LogP contribution >= 0.6 is 0 Å². The monoisotopic (exact) mass is 182 g/mol. The van der Waals surface area contributed by atoms with Crippen molar-refractivity contribution in [3.63, 3.8) is 0 Å². The van der Waals surface area contributed by atoms with Crippen molar-refractivity contribution in [3.8, 4) is 0 Å². The highest BCUT2D eigenvalue weighted by Gasteiger charge is 2.43. The highest BCUT2D eigenvalue weighted by atomic mass is 28.3. The summed E-state index contributed by atoms with van der Waals surface area (Å²) in [4.78, 5) is 0. The first-order valence-electron chi connectivity index (χ1n) is 5.13. The smallest absolute Gasteiger partial charge is 0.0598 e. The molecule has 0 spiro atoms. The van der Waals surface area contributed by atoms with Gasteiger partial charge in [0.2, 0.25) is 0 Å². The molecule has 1 rings (SSSR count). The molecule has 1 saturated heterocycles. The molecule has 0 amide bonds. The Hall–Kier alpha value is -0.0431. The Morgan fingerprint density at radius 2 is 2.08 bits per heavy atom. The first-order valence-corrected chi connectivity index (χ1v) is 8.04. The van der Waals surface area contributed by atoms with Crippen LogP contribution in [0.3, 0.4) is 0 Å². The molecule has 0 aromatic heterocycles. The second kappa shape index (κ2) is 3.37. The molecule has 0 nitrogen and oxygen atoms in total. The van der Waals surface area contributed by atoms with Crippen LogP contribution in [0.2, 0.25) is 23.7 Å². The molecule has 1 aliphatic heterocycles. The molecule has 0 bridgehead atoms. The molecule has 0 saturated carbocycles.